The fraction of sp³-hybridized carbons (Fsp3) is 1.00. The van der Waals surface area contributed by atoms with Gasteiger partial charge in [-0.15, -0.1) is 0 Å². The third-order valence-corrected chi connectivity index (χ3v) is 12.4. The van der Waals surface area contributed by atoms with Crippen molar-refractivity contribution in [1.82, 2.24) is 0 Å². The fourth-order valence-corrected chi connectivity index (χ4v) is 7.78. The van der Waals surface area contributed by atoms with E-state index in [4.69, 9.17) is 18.5 Å². The third kappa shape index (κ3) is 22.8. The van der Waals surface area contributed by atoms with E-state index in [9.17, 15) is 84.1 Å². The van der Waals surface area contributed by atoms with Crippen molar-refractivity contribution in [3.05, 3.63) is 0 Å². The van der Waals surface area contributed by atoms with Crippen molar-refractivity contribution in [2.45, 2.75) is 221 Å². The SMILES string of the molecule is CCCCCCCCCCCCCCCCCOCC(COCCCCCCCCCCCC(F)(F)C(F)(F)C(F)(F)C(F)(F)C(F)(F)C(F)(F)C(F)(F)C(F)(F)F)OP(=O)(O)OCC[N+](C)(C)C. The molecule has 0 aromatic heterocycles. The van der Waals surface area contributed by atoms with Crippen molar-refractivity contribution in [3.63, 3.8) is 0 Å². The minimum atomic E-state index is -8.62. The number of hydrogen-bond donors (Lipinski definition) is 1. The molecule has 0 saturated heterocycles. The molecule has 0 aromatic carbocycles. The molecule has 0 radical (unpaired) electrons. The summed E-state index contributed by atoms with van der Waals surface area (Å²) in [6.45, 7) is 3.14. The van der Waals surface area contributed by atoms with Gasteiger partial charge in [0.25, 0.3) is 0 Å². The van der Waals surface area contributed by atoms with Crippen molar-refractivity contribution in [1.29, 1.82) is 0 Å². The average Bonchev–Trinajstić information content (AvgIpc) is 3.21. The topological polar surface area (TPSA) is 74.2 Å². The summed E-state index contributed by atoms with van der Waals surface area (Å²) in [4.78, 5) is 10.3. The molecule has 0 aromatic rings. The van der Waals surface area contributed by atoms with Gasteiger partial charge in [-0.3, -0.25) is 9.05 Å². The molecule has 69 heavy (non-hydrogen) atoms. The van der Waals surface area contributed by atoms with E-state index in [0.29, 0.717) is 49.7 Å². The maximum absolute atomic E-state index is 14.1. The smallest absolute Gasteiger partial charge is 0.379 e. The van der Waals surface area contributed by atoms with Gasteiger partial charge in [0.15, 0.2) is 0 Å². The molecule has 0 fully saturated rings. The molecule has 0 heterocycles. The standard InChI is InChI=1S/C44H75F17NO6P/c1-5-6-7-8-9-10-11-12-13-14-15-18-21-24-27-31-65-34-36(68-69(63,64)67-33-30-62(2,3)4)35-66-32-28-25-22-19-16-17-20-23-26-29-37(45,46)38(47,48)39(49,50)40(51,52)41(53,54)42(55,56)43(57,58)44(59,60)61/h36H,5-35H2,1-4H3/p+1. The van der Waals surface area contributed by atoms with E-state index in [1.807, 2.05) is 21.1 Å². The highest BCUT2D eigenvalue weighted by atomic mass is 31.2. The zero-order valence-electron chi connectivity index (χ0n) is 40.3. The number of hydrogen-bond acceptors (Lipinski definition) is 5. The summed E-state index contributed by atoms with van der Waals surface area (Å²) in [6.07, 6.45) is 8.50. The van der Waals surface area contributed by atoms with Crippen molar-refractivity contribution in [2.75, 3.05) is 60.7 Å². The van der Waals surface area contributed by atoms with Gasteiger partial charge in [-0.2, -0.15) is 74.6 Å². The Balaban J connectivity index is 4.70. The summed E-state index contributed by atoms with van der Waals surface area (Å²) < 4.78 is 264. The van der Waals surface area contributed by atoms with Gasteiger partial charge in [-0.05, 0) is 19.3 Å². The largest absolute Gasteiger partial charge is 0.472 e. The summed E-state index contributed by atoms with van der Waals surface area (Å²) >= 11 is 0. The molecule has 2 unspecified atom stereocenters. The van der Waals surface area contributed by atoms with Gasteiger partial charge in [-0.25, -0.2) is 4.57 Å². The van der Waals surface area contributed by atoms with Crippen LogP contribution in [0.3, 0.4) is 0 Å². The predicted molar refractivity (Wildman–Crippen MR) is 227 cm³/mol. The zero-order chi connectivity index (χ0) is 53.3. The molecule has 0 amide bonds. The third-order valence-electron chi connectivity index (χ3n) is 11.4. The number of nitrogens with zero attached hydrogens (tertiary/aromatic N) is 1. The van der Waals surface area contributed by atoms with Crippen LogP contribution in [0.15, 0.2) is 0 Å². The molecule has 25 heteroatoms. The number of rotatable bonds is 44. The lowest BCUT2D eigenvalue weighted by atomic mass is 9.87. The van der Waals surface area contributed by atoms with Gasteiger partial charge in [0.05, 0.1) is 34.4 Å². The molecule has 0 saturated carbocycles. The fourth-order valence-electron chi connectivity index (χ4n) is 6.90. The Hall–Kier alpha value is -1.20. The Labute approximate surface area is 396 Å². The Morgan fingerprint density at radius 3 is 1.07 bits per heavy atom. The molecule has 7 nitrogen and oxygen atoms in total. The molecular weight excluding hydrogens is 992 g/mol. The van der Waals surface area contributed by atoms with Crippen LogP contribution in [-0.2, 0) is 23.1 Å². The van der Waals surface area contributed by atoms with Crippen LogP contribution in [0.4, 0.5) is 74.6 Å². The molecule has 0 aliphatic rings. The lowest BCUT2D eigenvalue weighted by Gasteiger charge is -2.42. The van der Waals surface area contributed by atoms with Crippen LogP contribution in [0.25, 0.3) is 0 Å². The van der Waals surface area contributed by atoms with Gasteiger partial charge in [0.2, 0.25) is 0 Å². The number of quaternary nitrogens is 1. The van der Waals surface area contributed by atoms with Crippen LogP contribution < -0.4 is 0 Å². The molecule has 0 rings (SSSR count). The number of likely N-dealkylation sites (N-methyl/N-ethyl adjacent to an activating group) is 1. The van der Waals surface area contributed by atoms with E-state index in [0.717, 1.165) is 25.7 Å². The molecule has 0 bridgehead atoms. The summed E-state index contributed by atoms with van der Waals surface area (Å²) in [5.74, 6) is -56.1. The lowest BCUT2D eigenvalue weighted by molar-refractivity contribution is -0.870. The second-order valence-corrected chi connectivity index (χ2v) is 20.1. The average molecular weight is 1070 g/mol. The second kappa shape index (κ2) is 30.9. The minimum Gasteiger partial charge on any atom is -0.379 e. The highest BCUT2D eigenvalue weighted by Gasteiger charge is 2.95. The molecule has 0 aliphatic heterocycles. The van der Waals surface area contributed by atoms with E-state index in [-0.39, 0.29) is 39.3 Å². The maximum atomic E-state index is 14.1. The van der Waals surface area contributed by atoms with Crippen molar-refractivity contribution >= 4 is 7.82 Å². The van der Waals surface area contributed by atoms with Crippen molar-refractivity contribution in [3.8, 4) is 0 Å². The quantitative estimate of drug-likeness (QED) is 0.0284. The Morgan fingerprint density at radius 2 is 0.739 bits per heavy atom. The molecular formula is C44H76F17NO6P+. The first-order valence-electron chi connectivity index (χ1n) is 23.9. The lowest BCUT2D eigenvalue weighted by Crippen LogP contribution is -2.74. The van der Waals surface area contributed by atoms with Gasteiger partial charge in [0.1, 0.15) is 19.3 Å². The summed E-state index contributed by atoms with van der Waals surface area (Å²) in [5, 5.41) is 0. The van der Waals surface area contributed by atoms with Crippen LogP contribution >= 0.6 is 7.82 Å². The van der Waals surface area contributed by atoms with Crippen molar-refractivity contribution in [2.24, 2.45) is 0 Å². The normalized spacial score (nSPS) is 15.5. The van der Waals surface area contributed by atoms with E-state index < -0.39 is 80.8 Å². The van der Waals surface area contributed by atoms with E-state index >= 15 is 0 Å². The van der Waals surface area contributed by atoms with Gasteiger partial charge in [0, 0.05) is 19.6 Å². The Morgan fingerprint density at radius 1 is 0.435 bits per heavy atom. The van der Waals surface area contributed by atoms with Crippen LogP contribution in [-0.4, -0.2) is 124 Å². The second-order valence-electron chi connectivity index (χ2n) is 18.7. The zero-order valence-corrected chi connectivity index (χ0v) is 41.2. The van der Waals surface area contributed by atoms with Gasteiger partial charge < -0.3 is 18.9 Å². The first kappa shape index (κ1) is 67.8. The number of phosphoric ester groups is 1. The Bertz CT molecular complexity index is 1400. The van der Waals surface area contributed by atoms with E-state index in [1.165, 1.54) is 70.6 Å². The molecule has 1 N–H and O–H groups in total. The van der Waals surface area contributed by atoms with E-state index in [2.05, 4.69) is 6.92 Å². The van der Waals surface area contributed by atoms with Crippen LogP contribution in [0.5, 0.6) is 0 Å². The highest BCUT2D eigenvalue weighted by molar-refractivity contribution is 7.47. The van der Waals surface area contributed by atoms with Gasteiger partial charge >= 0.3 is 55.5 Å². The molecule has 2 atom stereocenters. The predicted octanol–water partition coefficient (Wildman–Crippen LogP) is 16.0. The van der Waals surface area contributed by atoms with Crippen molar-refractivity contribution < 1.29 is 107 Å². The number of alkyl halides is 17. The summed E-state index contributed by atoms with van der Waals surface area (Å²) in [5.41, 5.74) is 0. The summed E-state index contributed by atoms with van der Waals surface area (Å²) in [7, 11) is 1.18. The summed E-state index contributed by atoms with van der Waals surface area (Å²) in [6, 6.07) is 0. The number of unbranched alkanes of at least 4 members (excludes halogenated alkanes) is 22. The molecule has 416 valence electrons. The van der Waals surface area contributed by atoms with E-state index in [1.54, 1.807) is 0 Å². The number of halogens is 17. The van der Waals surface area contributed by atoms with Crippen LogP contribution in [0, 0.1) is 0 Å². The first-order chi connectivity index (χ1) is 31.6. The number of phosphoric acid groups is 1. The van der Waals surface area contributed by atoms with Gasteiger partial charge in [-0.1, -0.05) is 142 Å². The maximum Gasteiger partial charge on any atom is 0.472 e. The van der Waals surface area contributed by atoms with Crippen LogP contribution in [0.2, 0.25) is 0 Å². The number of ether oxygens (including phenoxy) is 2. The van der Waals surface area contributed by atoms with Crippen LogP contribution in [0.1, 0.15) is 167 Å². The highest BCUT2D eigenvalue weighted by Crippen LogP contribution is 2.64. The minimum absolute atomic E-state index is 0.00913. The first-order valence-corrected chi connectivity index (χ1v) is 25.4. The monoisotopic (exact) mass is 1070 g/mol. The molecule has 0 spiro atoms. The Kier molecular flexibility index (Phi) is 30.3. The molecule has 0 aliphatic carbocycles.